The van der Waals surface area contributed by atoms with Gasteiger partial charge in [-0.3, -0.25) is 9.59 Å². The molecule has 1 aromatic carbocycles. The van der Waals surface area contributed by atoms with Crippen molar-refractivity contribution in [3.63, 3.8) is 0 Å². The smallest absolute Gasteiger partial charge is 0.417 e. The minimum absolute atomic E-state index is 0.159. The Morgan fingerprint density at radius 1 is 1.17 bits per heavy atom. The maximum Gasteiger partial charge on any atom is 0.417 e. The van der Waals surface area contributed by atoms with Crippen molar-refractivity contribution in [3.05, 3.63) is 53.5 Å². The average Bonchev–Trinajstić information content (AvgIpc) is 3.33. The van der Waals surface area contributed by atoms with Gasteiger partial charge in [-0.15, -0.1) is 0 Å². The highest BCUT2D eigenvalue weighted by Gasteiger charge is 2.50. The Morgan fingerprint density at radius 3 is 2.51 bits per heavy atom. The largest absolute Gasteiger partial charge is 0.459 e. The van der Waals surface area contributed by atoms with Gasteiger partial charge in [-0.05, 0) is 67.9 Å². The van der Waals surface area contributed by atoms with Crippen molar-refractivity contribution in [2.75, 3.05) is 24.5 Å². The molecule has 1 aliphatic carbocycles. The predicted octanol–water partition coefficient (Wildman–Crippen LogP) is 3.95. The van der Waals surface area contributed by atoms with Crippen LogP contribution in [-0.2, 0) is 11.0 Å². The van der Waals surface area contributed by atoms with Crippen molar-refractivity contribution in [1.82, 2.24) is 10.2 Å². The summed E-state index contributed by atoms with van der Waals surface area (Å²) in [6, 6.07) is 8.16. The molecule has 1 aromatic heterocycles. The van der Waals surface area contributed by atoms with Crippen LogP contribution in [0.3, 0.4) is 0 Å². The maximum absolute atomic E-state index is 13.4. The highest BCUT2D eigenvalue weighted by atomic mass is 19.4. The molecule has 184 valence electrons. The van der Waals surface area contributed by atoms with Gasteiger partial charge in [0.25, 0.3) is 5.91 Å². The monoisotopic (exact) mass is 486 g/mol. The van der Waals surface area contributed by atoms with E-state index in [9.17, 15) is 22.8 Å². The number of piperidine rings is 1. The zero-order chi connectivity index (χ0) is 24.8. The number of nitriles is 1. The molecule has 1 spiro atoms. The number of carbonyl (C=O) groups excluding carboxylic acids is 2. The lowest BCUT2D eigenvalue weighted by atomic mass is 9.76. The van der Waals surface area contributed by atoms with E-state index in [2.05, 4.69) is 5.32 Å². The molecular formula is C25H25F3N4O3. The molecule has 7 nitrogen and oxygen atoms in total. The van der Waals surface area contributed by atoms with E-state index in [0.717, 1.165) is 18.9 Å². The Balaban J connectivity index is 1.33. The molecule has 1 atom stereocenters. The fourth-order valence-corrected chi connectivity index (χ4v) is 5.23. The summed E-state index contributed by atoms with van der Waals surface area (Å²) in [5.74, 6) is -0.304. The van der Waals surface area contributed by atoms with Crippen molar-refractivity contribution < 1.29 is 27.2 Å². The zero-order valence-corrected chi connectivity index (χ0v) is 19.0. The summed E-state index contributed by atoms with van der Waals surface area (Å²) in [4.78, 5) is 29.6. The third-order valence-corrected chi connectivity index (χ3v) is 7.35. The van der Waals surface area contributed by atoms with Crippen LogP contribution in [0.4, 0.5) is 18.9 Å². The number of amides is 2. The summed E-state index contributed by atoms with van der Waals surface area (Å²) < 4.78 is 45.5. The van der Waals surface area contributed by atoms with E-state index in [1.807, 2.05) is 4.90 Å². The number of halogens is 3. The first-order valence-electron chi connectivity index (χ1n) is 11.7. The number of hydrogen-bond acceptors (Lipinski definition) is 5. The van der Waals surface area contributed by atoms with Gasteiger partial charge in [-0.1, -0.05) is 0 Å². The van der Waals surface area contributed by atoms with Gasteiger partial charge in [-0.2, -0.15) is 18.4 Å². The number of nitrogens with one attached hydrogen (secondary N) is 1. The summed E-state index contributed by atoms with van der Waals surface area (Å²) in [7, 11) is 0. The maximum atomic E-state index is 13.4. The van der Waals surface area contributed by atoms with Gasteiger partial charge in [0, 0.05) is 31.4 Å². The Bertz CT molecular complexity index is 1160. The number of likely N-dealkylation sites (tertiary alicyclic amines) is 1. The van der Waals surface area contributed by atoms with E-state index < -0.39 is 23.3 Å². The summed E-state index contributed by atoms with van der Waals surface area (Å²) in [5, 5.41) is 12.1. The molecule has 3 fully saturated rings. The second-order valence-corrected chi connectivity index (χ2v) is 9.74. The number of anilines is 1. The van der Waals surface area contributed by atoms with Crippen LogP contribution in [0.5, 0.6) is 0 Å². The second kappa shape index (κ2) is 8.63. The Morgan fingerprint density at radius 2 is 1.91 bits per heavy atom. The molecule has 1 saturated carbocycles. The number of alkyl halides is 3. The molecule has 10 heteroatoms. The molecule has 2 aliphatic heterocycles. The van der Waals surface area contributed by atoms with Crippen molar-refractivity contribution in [2.24, 2.45) is 5.41 Å². The average molecular weight is 486 g/mol. The van der Waals surface area contributed by atoms with Crippen LogP contribution in [0.25, 0.3) is 0 Å². The SMILES string of the molecule is N#Cc1ccc(N2CCC3(CC2)CC(C(=O)NC2CC2)N(C(=O)c2ccco2)C3)cc1C(F)(F)F. The summed E-state index contributed by atoms with van der Waals surface area (Å²) in [6.45, 7) is 1.37. The van der Waals surface area contributed by atoms with Crippen LogP contribution in [-0.4, -0.2) is 48.4 Å². The molecule has 3 aliphatic rings. The number of benzene rings is 1. The molecule has 0 bridgehead atoms. The van der Waals surface area contributed by atoms with E-state index in [0.29, 0.717) is 44.6 Å². The van der Waals surface area contributed by atoms with Gasteiger partial charge in [0.05, 0.1) is 23.5 Å². The second-order valence-electron chi connectivity index (χ2n) is 9.74. The highest BCUT2D eigenvalue weighted by molar-refractivity contribution is 5.96. The lowest BCUT2D eigenvalue weighted by Gasteiger charge is -2.40. The van der Waals surface area contributed by atoms with Crippen molar-refractivity contribution in [3.8, 4) is 6.07 Å². The third kappa shape index (κ3) is 4.59. The van der Waals surface area contributed by atoms with Crippen LogP contribution < -0.4 is 10.2 Å². The van der Waals surface area contributed by atoms with E-state index >= 15 is 0 Å². The molecule has 1 N–H and O–H groups in total. The summed E-state index contributed by atoms with van der Waals surface area (Å²) >= 11 is 0. The van der Waals surface area contributed by atoms with Gasteiger partial charge >= 0.3 is 6.18 Å². The van der Waals surface area contributed by atoms with Gasteiger partial charge < -0.3 is 19.5 Å². The molecule has 3 heterocycles. The molecule has 5 rings (SSSR count). The number of carbonyl (C=O) groups is 2. The minimum Gasteiger partial charge on any atom is -0.459 e. The summed E-state index contributed by atoms with van der Waals surface area (Å²) in [6.07, 6.45) is 0.451. The number of furan rings is 1. The van der Waals surface area contributed by atoms with Crippen LogP contribution in [0.2, 0.25) is 0 Å². The lowest BCUT2D eigenvalue weighted by molar-refractivity contribution is -0.137. The van der Waals surface area contributed by atoms with Gasteiger partial charge in [0.15, 0.2) is 5.76 Å². The fraction of sp³-hybridized carbons (Fsp3) is 0.480. The van der Waals surface area contributed by atoms with Crippen LogP contribution in [0.15, 0.2) is 41.0 Å². The van der Waals surface area contributed by atoms with Crippen molar-refractivity contribution in [2.45, 2.75) is 50.4 Å². The van der Waals surface area contributed by atoms with E-state index in [1.165, 1.54) is 12.3 Å². The standard InChI is InChI=1S/C25H25F3N4O3/c26-25(27,28)19-12-18(6-3-16(19)14-29)31-9-7-24(8-10-31)13-20(22(33)30-17-4-5-17)32(15-24)23(34)21-2-1-11-35-21/h1-3,6,11-12,17,20H,4-5,7-10,13,15H2,(H,30,33). The molecule has 2 aromatic rings. The number of hydrogen-bond donors (Lipinski definition) is 1. The van der Waals surface area contributed by atoms with Crippen molar-refractivity contribution in [1.29, 1.82) is 5.26 Å². The van der Waals surface area contributed by atoms with E-state index in [1.54, 1.807) is 29.2 Å². The zero-order valence-electron chi connectivity index (χ0n) is 19.0. The number of rotatable bonds is 4. The van der Waals surface area contributed by atoms with Crippen molar-refractivity contribution >= 4 is 17.5 Å². The molecule has 35 heavy (non-hydrogen) atoms. The Labute approximate surface area is 200 Å². The highest BCUT2D eigenvalue weighted by Crippen LogP contribution is 2.45. The molecule has 0 radical (unpaired) electrons. The summed E-state index contributed by atoms with van der Waals surface area (Å²) in [5.41, 5.74) is -1.23. The third-order valence-electron chi connectivity index (χ3n) is 7.35. The molecule has 2 amide bonds. The first-order chi connectivity index (χ1) is 16.7. The Kier molecular flexibility index (Phi) is 5.74. The lowest BCUT2D eigenvalue weighted by Crippen LogP contribution is -2.46. The molecule has 2 saturated heterocycles. The van der Waals surface area contributed by atoms with E-state index in [-0.39, 0.29) is 29.0 Å². The number of nitrogens with zero attached hydrogens (tertiary/aromatic N) is 3. The normalized spacial score (nSPS) is 21.7. The van der Waals surface area contributed by atoms with Gasteiger partial charge in [0.1, 0.15) is 6.04 Å². The van der Waals surface area contributed by atoms with Crippen LogP contribution in [0, 0.1) is 16.7 Å². The molecular weight excluding hydrogens is 461 g/mol. The van der Waals surface area contributed by atoms with E-state index in [4.69, 9.17) is 9.68 Å². The van der Waals surface area contributed by atoms with Gasteiger partial charge in [-0.25, -0.2) is 0 Å². The first kappa shape index (κ1) is 23.3. The first-order valence-corrected chi connectivity index (χ1v) is 11.7. The predicted molar refractivity (Wildman–Crippen MR) is 119 cm³/mol. The van der Waals surface area contributed by atoms with Crippen LogP contribution >= 0.6 is 0 Å². The van der Waals surface area contributed by atoms with Gasteiger partial charge in [0.2, 0.25) is 5.91 Å². The minimum atomic E-state index is -4.61. The molecule has 1 unspecified atom stereocenters. The topological polar surface area (TPSA) is 89.6 Å². The fourth-order valence-electron chi connectivity index (χ4n) is 5.23. The quantitative estimate of drug-likeness (QED) is 0.707. The van der Waals surface area contributed by atoms with Crippen LogP contribution in [0.1, 0.15) is 53.8 Å². The Hall–Kier alpha value is -3.48.